The van der Waals surface area contributed by atoms with Crippen LogP contribution in [0.3, 0.4) is 0 Å². The molecule has 0 radical (unpaired) electrons. The van der Waals surface area contributed by atoms with Crippen molar-refractivity contribution in [2.24, 2.45) is 5.73 Å². The molecule has 3 nitrogen and oxygen atoms in total. The highest BCUT2D eigenvalue weighted by Crippen LogP contribution is 2.14. The summed E-state index contributed by atoms with van der Waals surface area (Å²) in [6.07, 6.45) is 2.66. The van der Waals surface area contributed by atoms with Gasteiger partial charge in [0, 0.05) is 13.6 Å². The predicted molar refractivity (Wildman–Crippen MR) is 87.0 cm³/mol. The highest BCUT2D eigenvalue weighted by molar-refractivity contribution is 5.85. The van der Waals surface area contributed by atoms with Gasteiger partial charge in [-0.3, -0.25) is 4.79 Å². The summed E-state index contributed by atoms with van der Waals surface area (Å²) in [6.45, 7) is 6.60. The van der Waals surface area contributed by atoms with Crippen molar-refractivity contribution in [3.05, 3.63) is 35.4 Å². The van der Waals surface area contributed by atoms with Crippen molar-refractivity contribution in [2.45, 2.75) is 52.1 Å². The number of carbonyl (C=O) groups excluding carboxylic acids is 1. The zero-order valence-electron chi connectivity index (χ0n) is 13.0. The van der Waals surface area contributed by atoms with Gasteiger partial charge >= 0.3 is 0 Å². The van der Waals surface area contributed by atoms with Gasteiger partial charge in [-0.2, -0.15) is 0 Å². The number of carbonyl (C=O) groups is 1. The van der Waals surface area contributed by atoms with Crippen molar-refractivity contribution in [1.82, 2.24) is 4.90 Å². The molecular weight excluding hydrogens is 272 g/mol. The first-order valence-electron chi connectivity index (χ1n) is 7.03. The highest BCUT2D eigenvalue weighted by atomic mass is 35.5. The first-order chi connectivity index (χ1) is 8.90. The van der Waals surface area contributed by atoms with Crippen LogP contribution in [0, 0.1) is 0 Å². The molecular formula is C16H27ClN2O. The number of likely N-dealkylation sites (N-methyl/N-ethyl adjacent to an activating group) is 1. The van der Waals surface area contributed by atoms with E-state index in [4.69, 9.17) is 5.73 Å². The number of halogens is 1. The van der Waals surface area contributed by atoms with Gasteiger partial charge in [0.15, 0.2) is 0 Å². The van der Waals surface area contributed by atoms with E-state index in [0.29, 0.717) is 13.0 Å². The molecule has 1 rings (SSSR count). The highest BCUT2D eigenvalue weighted by Gasteiger charge is 2.29. The summed E-state index contributed by atoms with van der Waals surface area (Å²) in [5.74, 6) is 0.00826. The molecule has 0 aliphatic carbocycles. The van der Waals surface area contributed by atoms with E-state index in [2.05, 4.69) is 31.2 Å². The zero-order valence-corrected chi connectivity index (χ0v) is 13.8. The summed E-state index contributed by atoms with van der Waals surface area (Å²) in [4.78, 5) is 14.0. The van der Waals surface area contributed by atoms with Gasteiger partial charge in [-0.25, -0.2) is 0 Å². The second-order valence-electron chi connectivity index (χ2n) is 5.50. The molecule has 1 aromatic rings. The number of aryl methyl sites for hydroxylation is 1. The number of hydrogen-bond donors (Lipinski definition) is 1. The van der Waals surface area contributed by atoms with Crippen LogP contribution < -0.4 is 5.73 Å². The van der Waals surface area contributed by atoms with Crippen molar-refractivity contribution in [3.63, 3.8) is 0 Å². The standard InChI is InChI=1S/C16H26N2O.ClH/c1-5-11-16(3,17)15(19)18(4)12-14-9-7-13(6-2)8-10-14;/h7-10H,5-6,11-12,17H2,1-4H3;1H. The average molecular weight is 299 g/mol. The molecule has 0 aliphatic rings. The predicted octanol–water partition coefficient (Wildman–Crippen LogP) is 3.15. The van der Waals surface area contributed by atoms with Gasteiger partial charge in [-0.15, -0.1) is 12.4 Å². The van der Waals surface area contributed by atoms with Crippen LogP contribution in [0.2, 0.25) is 0 Å². The van der Waals surface area contributed by atoms with Crippen molar-refractivity contribution < 1.29 is 4.79 Å². The Balaban J connectivity index is 0.00000361. The van der Waals surface area contributed by atoms with Crippen molar-refractivity contribution in [2.75, 3.05) is 7.05 Å². The van der Waals surface area contributed by atoms with E-state index in [1.807, 2.05) is 20.9 Å². The third kappa shape index (κ3) is 5.14. The minimum absolute atomic E-state index is 0. The third-order valence-corrected chi connectivity index (χ3v) is 3.46. The van der Waals surface area contributed by atoms with Crippen LogP contribution in [0.1, 0.15) is 44.7 Å². The lowest BCUT2D eigenvalue weighted by atomic mass is 9.95. The molecule has 0 spiro atoms. The van der Waals surface area contributed by atoms with Crippen LogP contribution in [0.25, 0.3) is 0 Å². The lowest BCUT2D eigenvalue weighted by molar-refractivity contribution is -0.135. The van der Waals surface area contributed by atoms with Crippen LogP contribution in [-0.2, 0) is 17.8 Å². The Bertz CT molecular complexity index is 415. The minimum Gasteiger partial charge on any atom is -0.340 e. The quantitative estimate of drug-likeness (QED) is 0.877. The maximum atomic E-state index is 12.3. The largest absolute Gasteiger partial charge is 0.340 e. The van der Waals surface area contributed by atoms with Crippen molar-refractivity contribution >= 4 is 18.3 Å². The molecule has 1 aromatic carbocycles. The van der Waals surface area contributed by atoms with Gasteiger partial charge in [-0.1, -0.05) is 44.5 Å². The lowest BCUT2D eigenvalue weighted by Gasteiger charge is -2.29. The minimum atomic E-state index is -0.757. The summed E-state index contributed by atoms with van der Waals surface area (Å²) in [7, 11) is 1.82. The molecule has 1 amide bonds. The van der Waals surface area contributed by atoms with Gasteiger partial charge in [0.1, 0.15) is 0 Å². The van der Waals surface area contributed by atoms with Crippen LogP contribution in [-0.4, -0.2) is 23.4 Å². The van der Waals surface area contributed by atoms with Crippen molar-refractivity contribution in [1.29, 1.82) is 0 Å². The monoisotopic (exact) mass is 298 g/mol. The van der Waals surface area contributed by atoms with Crippen LogP contribution in [0.15, 0.2) is 24.3 Å². The molecule has 0 fully saturated rings. The fraction of sp³-hybridized carbons (Fsp3) is 0.562. The van der Waals surface area contributed by atoms with Gasteiger partial charge in [0.25, 0.3) is 0 Å². The van der Waals surface area contributed by atoms with Crippen molar-refractivity contribution in [3.8, 4) is 0 Å². The fourth-order valence-corrected chi connectivity index (χ4v) is 2.29. The van der Waals surface area contributed by atoms with E-state index in [-0.39, 0.29) is 18.3 Å². The summed E-state index contributed by atoms with van der Waals surface area (Å²) < 4.78 is 0. The molecule has 4 heteroatoms. The molecule has 0 saturated heterocycles. The van der Waals surface area contributed by atoms with Gasteiger partial charge in [-0.05, 0) is 30.9 Å². The third-order valence-electron chi connectivity index (χ3n) is 3.46. The molecule has 1 atom stereocenters. The van der Waals surface area contributed by atoms with E-state index < -0.39 is 5.54 Å². The summed E-state index contributed by atoms with van der Waals surface area (Å²) in [5.41, 5.74) is 7.77. The zero-order chi connectivity index (χ0) is 14.5. The number of benzene rings is 1. The maximum absolute atomic E-state index is 12.3. The molecule has 0 saturated carbocycles. The molecule has 1 unspecified atom stereocenters. The number of rotatable bonds is 6. The molecule has 0 aromatic heterocycles. The molecule has 20 heavy (non-hydrogen) atoms. The first kappa shape index (κ1) is 18.9. The SMILES string of the molecule is CCCC(C)(N)C(=O)N(C)Cc1ccc(CC)cc1.Cl. The number of hydrogen-bond acceptors (Lipinski definition) is 2. The smallest absolute Gasteiger partial charge is 0.242 e. The van der Waals surface area contributed by atoms with Crippen LogP contribution in [0.4, 0.5) is 0 Å². The Morgan fingerprint density at radius 1 is 1.20 bits per heavy atom. The maximum Gasteiger partial charge on any atom is 0.242 e. The summed E-state index contributed by atoms with van der Waals surface area (Å²) >= 11 is 0. The topological polar surface area (TPSA) is 46.3 Å². The molecule has 0 aliphatic heterocycles. The Morgan fingerprint density at radius 3 is 2.15 bits per heavy atom. The average Bonchev–Trinajstić information content (AvgIpc) is 2.38. The van der Waals surface area contributed by atoms with Crippen LogP contribution in [0.5, 0.6) is 0 Å². The van der Waals surface area contributed by atoms with Crippen LogP contribution >= 0.6 is 12.4 Å². The first-order valence-corrected chi connectivity index (χ1v) is 7.03. The Kier molecular flexibility index (Phi) is 7.84. The number of nitrogens with zero attached hydrogens (tertiary/aromatic N) is 1. The molecule has 0 heterocycles. The summed E-state index contributed by atoms with van der Waals surface area (Å²) in [6, 6.07) is 8.38. The van der Waals surface area contributed by atoms with E-state index >= 15 is 0 Å². The van der Waals surface area contributed by atoms with Gasteiger partial charge in [0.05, 0.1) is 5.54 Å². The van der Waals surface area contributed by atoms with Gasteiger partial charge < -0.3 is 10.6 Å². The van der Waals surface area contributed by atoms with E-state index in [9.17, 15) is 4.79 Å². The van der Waals surface area contributed by atoms with E-state index in [1.165, 1.54) is 5.56 Å². The molecule has 2 N–H and O–H groups in total. The van der Waals surface area contributed by atoms with E-state index in [1.54, 1.807) is 4.90 Å². The fourth-order valence-electron chi connectivity index (χ4n) is 2.29. The summed E-state index contributed by atoms with van der Waals surface area (Å²) in [5, 5.41) is 0. The number of nitrogens with two attached hydrogens (primary N) is 1. The van der Waals surface area contributed by atoms with Gasteiger partial charge in [0.2, 0.25) is 5.91 Å². The Hall–Kier alpha value is -1.06. The lowest BCUT2D eigenvalue weighted by Crippen LogP contribution is -2.51. The van der Waals surface area contributed by atoms with E-state index in [0.717, 1.165) is 18.4 Å². The second kappa shape index (κ2) is 8.28. The number of amides is 1. The molecule has 0 bridgehead atoms. The normalized spacial score (nSPS) is 13.2. The Morgan fingerprint density at radius 2 is 1.70 bits per heavy atom. The Labute approximate surface area is 128 Å². The molecule has 114 valence electrons. The second-order valence-corrected chi connectivity index (χ2v) is 5.50.